The van der Waals surface area contributed by atoms with Gasteiger partial charge in [-0.3, -0.25) is 14.8 Å². The van der Waals surface area contributed by atoms with E-state index in [1.54, 1.807) is 32.9 Å². The number of fused-ring (bicyclic) bond motifs is 3. The van der Waals surface area contributed by atoms with Crippen LogP contribution in [0.2, 0.25) is 0 Å². The Morgan fingerprint density at radius 2 is 1.90 bits per heavy atom. The Labute approximate surface area is 174 Å². The van der Waals surface area contributed by atoms with Crippen LogP contribution < -0.4 is 0 Å². The number of carbonyl (C=O) groups excluding carboxylic acids is 3. The van der Waals surface area contributed by atoms with Crippen molar-refractivity contribution < 1.29 is 43.8 Å². The Hall–Kier alpha value is -2.23. The molecule has 1 saturated heterocycles. The third-order valence-corrected chi connectivity index (χ3v) is 6.42. The predicted molar refractivity (Wildman–Crippen MR) is 102 cm³/mol. The molecule has 1 aliphatic heterocycles. The highest BCUT2D eigenvalue weighted by Crippen LogP contribution is 2.55. The van der Waals surface area contributed by atoms with Gasteiger partial charge in [-0.15, -0.1) is 0 Å². The second kappa shape index (κ2) is 7.47. The monoisotopic (exact) mass is 424 g/mol. The molecule has 0 radical (unpaired) electrons. The lowest BCUT2D eigenvalue weighted by Gasteiger charge is -2.41. The molecule has 0 aromatic rings. The Balaban J connectivity index is 2.20. The van der Waals surface area contributed by atoms with Gasteiger partial charge in [0.05, 0.1) is 11.8 Å². The van der Waals surface area contributed by atoms with Crippen LogP contribution >= 0.6 is 0 Å². The van der Waals surface area contributed by atoms with Gasteiger partial charge in [0.25, 0.3) is 0 Å². The average Bonchev–Trinajstić information content (AvgIpc) is 3.13. The van der Waals surface area contributed by atoms with Crippen molar-refractivity contribution in [2.24, 2.45) is 23.7 Å². The first-order valence-corrected chi connectivity index (χ1v) is 9.87. The van der Waals surface area contributed by atoms with Crippen LogP contribution in [0.15, 0.2) is 24.3 Å². The lowest BCUT2D eigenvalue weighted by atomic mass is 9.73. The zero-order chi connectivity index (χ0) is 22.6. The largest absolute Gasteiger partial charge is 0.458 e. The fraction of sp³-hybridized carbons (Fsp3) is 0.667. The maximum absolute atomic E-state index is 12.5. The van der Waals surface area contributed by atoms with E-state index in [0.717, 1.165) is 0 Å². The van der Waals surface area contributed by atoms with E-state index in [4.69, 9.17) is 19.1 Å². The molecule has 9 nitrogen and oxygen atoms in total. The van der Waals surface area contributed by atoms with Crippen LogP contribution in [0.1, 0.15) is 34.6 Å². The molecular weight excluding hydrogens is 396 g/mol. The molecule has 8 atom stereocenters. The Morgan fingerprint density at radius 3 is 2.43 bits per heavy atom. The summed E-state index contributed by atoms with van der Waals surface area (Å²) in [5, 5.41) is 21.2. The summed E-state index contributed by atoms with van der Waals surface area (Å²) in [5.41, 5.74) is -3.02. The molecule has 166 valence electrons. The van der Waals surface area contributed by atoms with Gasteiger partial charge in [0.15, 0.2) is 12.2 Å². The molecule has 1 saturated carbocycles. The first kappa shape index (κ1) is 22.5. The van der Waals surface area contributed by atoms with E-state index >= 15 is 0 Å². The van der Waals surface area contributed by atoms with Crippen LogP contribution in [-0.2, 0) is 33.5 Å². The molecule has 0 aromatic carbocycles. The number of aliphatic hydroxyl groups is 1. The van der Waals surface area contributed by atoms with Crippen molar-refractivity contribution in [1.29, 1.82) is 0 Å². The van der Waals surface area contributed by atoms with E-state index in [9.17, 15) is 24.7 Å². The molecular formula is C21H28O9. The van der Waals surface area contributed by atoms with Crippen LogP contribution in [0.4, 0.5) is 0 Å². The molecule has 2 aliphatic carbocycles. The fourth-order valence-corrected chi connectivity index (χ4v) is 4.83. The predicted octanol–water partition coefficient (Wildman–Crippen LogP) is 1.40. The van der Waals surface area contributed by atoms with Crippen molar-refractivity contribution in [3.05, 3.63) is 24.3 Å². The van der Waals surface area contributed by atoms with Gasteiger partial charge in [0.2, 0.25) is 0 Å². The molecule has 30 heavy (non-hydrogen) atoms. The molecule has 0 unspecified atom stereocenters. The van der Waals surface area contributed by atoms with Gasteiger partial charge < -0.3 is 19.3 Å². The number of esters is 3. The molecule has 3 rings (SSSR count). The molecule has 0 aromatic heterocycles. The summed E-state index contributed by atoms with van der Waals surface area (Å²) >= 11 is 0. The number of hydrogen-bond donors (Lipinski definition) is 2. The molecule has 3 aliphatic rings. The summed E-state index contributed by atoms with van der Waals surface area (Å²) in [6, 6.07) is 0. The van der Waals surface area contributed by atoms with Crippen LogP contribution in [0.3, 0.4) is 0 Å². The topological polar surface area (TPSA) is 129 Å². The number of carbonyl (C=O) groups is 3. The molecule has 0 amide bonds. The van der Waals surface area contributed by atoms with Gasteiger partial charge in [0.1, 0.15) is 17.3 Å². The smallest absolute Gasteiger partial charge is 0.334 e. The zero-order valence-electron chi connectivity index (χ0n) is 17.7. The fourth-order valence-electron chi connectivity index (χ4n) is 4.83. The highest BCUT2D eigenvalue weighted by Gasteiger charge is 2.67. The van der Waals surface area contributed by atoms with E-state index in [1.165, 1.54) is 13.8 Å². The van der Waals surface area contributed by atoms with Gasteiger partial charge in [0, 0.05) is 24.3 Å². The van der Waals surface area contributed by atoms with Gasteiger partial charge in [-0.25, -0.2) is 9.68 Å². The third kappa shape index (κ3) is 3.34. The van der Waals surface area contributed by atoms with E-state index in [2.05, 4.69) is 6.58 Å². The number of rotatable bonds is 4. The van der Waals surface area contributed by atoms with Gasteiger partial charge in [-0.05, 0) is 13.8 Å². The molecule has 1 heterocycles. The molecule has 2 N–H and O–H groups in total. The summed E-state index contributed by atoms with van der Waals surface area (Å²) in [4.78, 5) is 41.6. The standard InChI is InChI=1S/C21H28O9/c1-9(2)18(23)29-16-13-10(3)19(24)28-15(13)14-12(7-8-20(14,5)30-26)21(6,25)17(16)27-11(4)22/h7-9,12-17,25-26H,3H2,1-2,4-6H3/t12-,13+,14+,15+,16-,17-,20-,21+/m1/s1. The zero-order valence-corrected chi connectivity index (χ0v) is 17.7. The van der Waals surface area contributed by atoms with Crippen LogP contribution in [0, 0.1) is 23.7 Å². The van der Waals surface area contributed by atoms with Crippen molar-refractivity contribution >= 4 is 17.9 Å². The first-order chi connectivity index (χ1) is 13.8. The van der Waals surface area contributed by atoms with Crippen LogP contribution in [0.5, 0.6) is 0 Å². The van der Waals surface area contributed by atoms with E-state index in [-0.39, 0.29) is 5.57 Å². The minimum absolute atomic E-state index is 0.0300. The van der Waals surface area contributed by atoms with E-state index < -0.39 is 71.1 Å². The maximum atomic E-state index is 12.5. The Bertz CT molecular complexity index is 798. The SMILES string of the molecule is C=C1C(=O)O[C@H]2[C@H]1[C@@H](OC(=O)C(C)C)[C@@H](OC(C)=O)[C@@](C)(O)[C@@H]1C=C[C@@](C)(OO)[C@H]21. The third-order valence-electron chi connectivity index (χ3n) is 6.42. The van der Waals surface area contributed by atoms with E-state index in [1.807, 2.05) is 0 Å². The van der Waals surface area contributed by atoms with Crippen LogP contribution in [-0.4, -0.2) is 57.8 Å². The van der Waals surface area contributed by atoms with Gasteiger partial charge >= 0.3 is 17.9 Å². The summed E-state index contributed by atoms with van der Waals surface area (Å²) in [6.45, 7) is 11.3. The lowest BCUT2D eigenvalue weighted by molar-refractivity contribution is -0.324. The van der Waals surface area contributed by atoms with Crippen molar-refractivity contribution in [2.75, 3.05) is 0 Å². The molecule has 9 heteroatoms. The maximum Gasteiger partial charge on any atom is 0.334 e. The quantitative estimate of drug-likeness (QED) is 0.172. The number of ether oxygens (including phenoxy) is 3. The van der Waals surface area contributed by atoms with Crippen molar-refractivity contribution in [3.63, 3.8) is 0 Å². The summed E-state index contributed by atoms with van der Waals surface area (Å²) in [7, 11) is 0. The van der Waals surface area contributed by atoms with Crippen molar-refractivity contribution in [1.82, 2.24) is 0 Å². The second-order valence-corrected chi connectivity index (χ2v) is 8.92. The lowest BCUT2D eigenvalue weighted by Crippen LogP contribution is -2.56. The summed E-state index contributed by atoms with van der Waals surface area (Å²) in [6.07, 6.45) is -0.314. The highest BCUT2D eigenvalue weighted by atomic mass is 17.1. The minimum atomic E-state index is -1.75. The Kier molecular flexibility index (Phi) is 5.59. The summed E-state index contributed by atoms with van der Waals surface area (Å²) in [5.74, 6) is -4.92. The van der Waals surface area contributed by atoms with Gasteiger partial charge in [-0.2, -0.15) is 0 Å². The Morgan fingerprint density at radius 1 is 1.27 bits per heavy atom. The molecule has 0 spiro atoms. The first-order valence-electron chi connectivity index (χ1n) is 9.87. The normalized spacial score (nSPS) is 42.4. The van der Waals surface area contributed by atoms with Crippen molar-refractivity contribution in [2.45, 2.75) is 64.1 Å². The molecule has 0 bridgehead atoms. The number of hydrogen-bond acceptors (Lipinski definition) is 9. The summed E-state index contributed by atoms with van der Waals surface area (Å²) < 4.78 is 16.7. The van der Waals surface area contributed by atoms with Gasteiger partial charge in [-0.1, -0.05) is 32.6 Å². The second-order valence-electron chi connectivity index (χ2n) is 8.92. The minimum Gasteiger partial charge on any atom is -0.458 e. The highest BCUT2D eigenvalue weighted by molar-refractivity contribution is 5.91. The van der Waals surface area contributed by atoms with Crippen LogP contribution in [0.25, 0.3) is 0 Å². The average molecular weight is 424 g/mol. The van der Waals surface area contributed by atoms with E-state index in [0.29, 0.717) is 0 Å². The van der Waals surface area contributed by atoms with Crippen molar-refractivity contribution in [3.8, 4) is 0 Å². The molecule has 2 fully saturated rings.